The molecule has 1 aromatic carbocycles. The van der Waals surface area contributed by atoms with E-state index in [-0.39, 0.29) is 13.0 Å². The SMILES string of the molecule is CCOC(=O)NNC(=O)Cc1nc(-c2ccccc2)oc1C. The molecule has 0 spiro atoms. The van der Waals surface area contributed by atoms with Crippen LogP contribution in [-0.2, 0) is 16.0 Å². The molecule has 22 heavy (non-hydrogen) atoms. The van der Waals surface area contributed by atoms with E-state index in [1.807, 2.05) is 30.3 Å². The molecule has 7 nitrogen and oxygen atoms in total. The molecule has 0 aliphatic carbocycles. The average molecular weight is 303 g/mol. The number of carbonyl (C=O) groups is 2. The van der Waals surface area contributed by atoms with Crippen LogP contribution in [0.3, 0.4) is 0 Å². The lowest BCUT2D eigenvalue weighted by Crippen LogP contribution is -2.42. The largest absolute Gasteiger partial charge is 0.449 e. The van der Waals surface area contributed by atoms with Gasteiger partial charge in [0.15, 0.2) is 0 Å². The molecule has 7 heteroatoms. The fourth-order valence-corrected chi connectivity index (χ4v) is 1.78. The molecule has 0 aliphatic heterocycles. The van der Waals surface area contributed by atoms with Gasteiger partial charge in [-0.05, 0) is 26.0 Å². The van der Waals surface area contributed by atoms with Crippen molar-refractivity contribution in [1.82, 2.24) is 15.8 Å². The van der Waals surface area contributed by atoms with Gasteiger partial charge in [-0.2, -0.15) is 0 Å². The van der Waals surface area contributed by atoms with Gasteiger partial charge in [-0.15, -0.1) is 0 Å². The van der Waals surface area contributed by atoms with Gasteiger partial charge in [0.25, 0.3) is 0 Å². The summed E-state index contributed by atoms with van der Waals surface area (Å²) in [5, 5.41) is 0. The first-order chi connectivity index (χ1) is 10.6. The number of rotatable bonds is 4. The normalized spacial score (nSPS) is 10.1. The highest BCUT2D eigenvalue weighted by Gasteiger charge is 2.15. The second-order valence-electron chi connectivity index (χ2n) is 4.46. The van der Waals surface area contributed by atoms with E-state index in [9.17, 15) is 9.59 Å². The molecule has 1 heterocycles. The maximum Gasteiger partial charge on any atom is 0.426 e. The monoisotopic (exact) mass is 303 g/mol. The molecular formula is C15H17N3O4. The van der Waals surface area contributed by atoms with Gasteiger partial charge in [0.2, 0.25) is 11.8 Å². The van der Waals surface area contributed by atoms with Crippen molar-refractivity contribution in [3.05, 3.63) is 41.8 Å². The topological polar surface area (TPSA) is 93.5 Å². The summed E-state index contributed by atoms with van der Waals surface area (Å²) in [6.45, 7) is 3.64. The summed E-state index contributed by atoms with van der Waals surface area (Å²) < 4.78 is 10.2. The van der Waals surface area contributed by atoms with E-state index < -0.39 is 12.0 Å². The van der Waals surface area contributed by atoms with E-state index >= 15 is 0 Å². The molecular weight excluding hydrogens is 286 g/mol. The summed E-state index contributed by atoms with van der Waals surface area (Å²) in [7, 11) is 0. The molecule has 0 bridgehead atoms. The number of aryl methyl sites for hydroxylation is 1. The fraction of sp³-hybridized carbons (Fsp3) is 0.267. The van der Waals surface area contributed by atoms with Gasteiger partial charge in [-0.1, -0.05) is 18.2 Å². The maximum absolute atomic E-state index is 11.8. The summed E-state index contributed by atoms with van der Waals surface area (Å²) in [6.07, 6.45) is -0.716. The Morgan fingerprint density at radius 1 is 1.23 bits per heavy atom. The van der Waals surface area contributed by atoms with Gasteiger partial charge in [0.05, 0.1) is 18.7 Å². The zero-order valence-electron chi connectivity index (χ0n) is 12.4. The van der Waals surface area contributed by atoms with Gasteiger partial charge in [-0.3, -0.25) is 10.2 Å². The van der Waals surface area contributed by atoms with Gasteiger partial charge < -0.3 is 9.15 Å². The van der Waals surface area contributed by atoms with E-state index in [1.165, 1.54) is 0 Å². The number of hydrazine groups is 1. The predicted octanol–water partition coefficient (Wildman–Crippen LogP) is 1.97. The number of hydrogen-bond donors (Lipinski definition) is 2. The minimum absolute atomic E-state index is 0.00539. The van der Waals surface area contributed by atoms with Crippen LogP contribution in [0.25, 0.3) is 11.5 Å². The van der Waals surface area contributed by atoms with Gasteiger partial charge in [0.1, 0.15) is 5.76 Å². The van der Waals surface area contributed by atoms with Crippen molar-refractivity contribution < 1.29 is 18.7 Å². The second kappa shape index (κ2) is 7.26. The lowest BCUT2D eigenvalue weighted by atomic mass is 10.2. The third-order valence-corrected chi connectivity index (χ3v) is 2.82. The molecule has 0 unspecified atom stereocenters. The van der Waals surface area contributed by atoms with Gasteiger partial charge in [-0.25, -0.2) is 15.2 Å². The number of benzene rings is 1. The molecule has 0 fully saturated rings. The van der Waals surface area contributed by atoms with Crippen LogP contribution in [-0.4, -0.2) is 23.6 Å². The zero-order chi connectivity index (χ0) is 15.9. The van der Waals surface area contributed by atoms with E-state index in [0.29, 0.717) is 17.3 Å². The van der Waals surface area contributed by atoms with Crippen LogP contribution in [0.5, 0.6) is 0 Å². The molecule has 0 saturated heterocycles. The number of hydrogen-bond acceptors (Lipinski definition) is 5. The summed E-state index contributed by atoms with van der Waals surface area (Å²) >= 11 is 0. The Labute approximate surface area is 127 Å². The van der Waals surface area contributed by atoms with Crippen molar-refractivity contribution in [3.8, 4) is 11.5 Å². The van der Waals surface area contributed by atoms with E-state index in [2.05, 4.69) is 20.6 Å². The quantitative estimate of drug-likeness (QED) is 0.842. The summed E-state index contributed by atoms with van der Waals surface area (Å²) in [6, 6.07) is 9.40. The van der Waals surface area contributed by atoms with Gasteiger partial charge in [0, 0.05) is 5.56 Å². The van der Waals surface area contributed by atoms with Crippen LogP contribution in [0.1, 0.15) is 18.4 Å². The van der Waals surface area contributed by atoms with E-state index in [4.69, 9.17) is 4.42 Å². The van der Waals surface area contributed by atoms with E-state index in [0.717, 1.165) is 5.56 Å². The highest BCUT2D eigenvalue weighted by molar-refractivity contribution is 5.80. The van der Waals surface area contributed by atoms with Crippen molar-refractivity contribution in [2.45, 2.75) is 20.3 Å². The Kier molecular flexibility index (Phi) is 5.13. The first kappa shape index (κ1) is 15.6. The molecule has 2 amide bonds. The Hall–Kier alpha value is -2.83. The standard InChI is InChI=1S/C15H17N3O4/c1-3-21-15(20)18-17-13(19)9-12-10(2)22-14(16-12)11-7-5-4-6-8-11/h4-8H,3,9H2,1-2H3,(H,17,19)(H,18,20). The lowest BCUT2D eigenvalue weighted by molar-refractivity contribution is -0.121. The highest BCUT2D eigenvalue weighted by atomic mass is 16.5. The second-order valence-corrected chi connectivity index (χ2v) is 4.46. The molecule has 0 radical (unpaired) electrons. The van der Waals surface area contributed by atoms with Crippen LogP contribution in [0.15, 0.2) is 34.7 Å². The van der Waals surface area contributed by atoms with Crippen LogP contribution >= 0.6 is 0 Å². The van der Waals surface area contributed by atoms with Crippen molar-refractivity contribution in [1.29, 1.82) is 0 Å². The van der Waals surface area contributed by atoms with Gasteiger partial charge >= 0.3 is 6.09 Å². The first-order valence-electron chi connectivity index (χ1n) is 6.83. The Morgan fingerprint density at radius 2 is 1.95 bits per heavy atom. The van der Waals surface area contributed by atoms with Crippen molar-refractivity contribution in [2.24, 2.45) is 0 Å². The lowest BCUT2D eigenvalue weighted by Gasteiger charge is -2.05. The van der Waals surface area contributed by atoms with Crippen LogP contribution < -0.4 is 10.9 Å². The first-order valence-corrected chi connectivity index (χ1v) is 6.83. The summed E-state index contributed by atoms with van der Waals surface area (Å²) in [5.74, 6) is 0.605. The minimum atomic E-state index is -0.710. The van der Waals surface area contributed by atoms with Crippen molar-refractivity contribution in [3.63, 3.8) is 0 Å². The van der Waals surface area contributed by atoms with Crippen LogP contribution in [0.2, 0.25) is 0 Å². The average Bonchev–Trinajstić information content (AvgIpc) is 2.87. The number of oxazole rings is 1. The zero-order valence-corrected chi connectivity index (χ0v) is 12.4. The highest BCUT2D eigenvalue weighted by Crippen LogP contribution is 2.21. The predicted molar refractivity (Wildman–Crippen MR) is 78.7 cm³/mol. The van der Waals surface area contributed by atoms with Crippen molar-refractivity contribution in [2.75, 3.05) is 6.61 Å². The number of nitrogens with one attached hydrogen (secondary N) is 2. The molecule has 0 atom stereocenters. The number of ether oxygens (including phenoxy) is 1. The molecule has 0 saturated carbocycles. The number of carbonyl (C=O) groups excluding carboxylic acids is 2. The fourth-order valence-electron chi connectivity index (χ4n) is 1.78. The molecule has 2 rings (SSSR count). The third-order valence-electron chi connectivity index (χ3n) is 2.82. The Bertz CT molecular complexity index is 652. The van der Waals surface area contributed by atoms with Crippen LogP contribution in [0, 0.1) is 6.92 Å². The molecule has 0 aliphatic rings. The Morgan fingerprint density at radius 3 is 2.64 bits per heavy atom. The Balaban J connectivity index is 1.97. The summed E-state index contributed by atoms with van der Waals surface area (Å²) in [4.78, 5) is 27.1. The molecule has 2 aromatic rings. The molecule has 1 aromatic heterocycles. The van der Waals surface area contributed by atoms with E-state index in [1.54, 1.807) is 13.8 Å². The van der Waals surface area contributed by atoms with Crippen LogP contribution in [0.4, 0.5) is 4.79 Å². The smallest absolute Gasteiger partial charge is 0.426 e. The number of amides is 2. The minimum Gasteiger partial charge on any atom is -0.449 e. The summed E-state index contributed by atoms with van der Waals surface area (Å²) in [5.41, 5.74) is 5.74. The van der Waals surface area contributed by atoms with Crippen molar-refractivity contribution >= 4 is 12.0 Å². The third kappa shape index (κ3) is 4.08. The maximum atomic E-state index is 11.8. The number of aromatic nitrogens is 1. The number of nitrogens with zero attached hydrogens (tertiary/aromatic N) is 1. The molecule has 116 valence electrons. The molecule has 2 N–H and O–H groups in total.